The van der Waals surface area contributed by atoms with Gasteiger partial charge in [-0.05, 0) is 0 Å². The fraction of sp³-hybridized carbons (Fsp3) is 0.355. The summed E-state index contributed by atoms with van der Waals surface area (Å²) in [7, 11) is 0. The number of halogens is 2. The molecular formula is C62H76Cl2SiZr. The van der Waals surface area contributed by atoms with Gasteiger partial charge in [0.15, 0.2) is 0 Å². The molecule has 0 heterocycles. The van der Waals surface area contributed by atoms with E-state index in [1.165, 1.54) is 139 Å². The van der Waals surface area contributed by atoms with Crippen molar-refractivity contribution in [3.63, 3.8) is 0 Å². The second kappa shape index (κ2) is 20.6. The Kier molecular flexibility index (Phi) is 16.2. The predicted molar refractivity (Wildman–Crippen MR) is 297 cm³/mol. The number of hydrogen-bond donors (Lipinski definition) is 0. The molecule has 4 heteroatoms. The summed E-state index contributed by atoms with van der Waals surface area (Å²) in [5.74, 6) is 0. The molecule has 2 aliphatic rings. The molecule has 0 fully saturated rings. The van der Waals surface area contributed by atoms with E-state index in [9.17, 15) is 0 Å². The Morgan fingerprint density at radius 1 is 0.394 bits per heavy atom. The van der Waals surface area contributed by atoms with Gasteiger partial charge in [-0.1, -0.05) is 0 Å². The van der Waals surface area contributed by atoms with Crippen molar-refractivity contribution in [1.82, 2.24) is 0 Å². The van der Waals surface area contributed by atoms with Crippen LogP contribution in [-0.4, -0.2) is 6.88 Å². The normalized spacial score (nSPS) is 15.4. The van der Waals surface area contributed by atoms with Crippen LogP contribution in [0, 0.1) is 55.4 Å². The maximum Gasteiger partial charge on any atom is -0.147 e. The largest absolute Gasteiger partial charge is 0.147 e. The number of allylic oxidation sites excluding steroid dienone is 2. The molecule has 6 aromatic rings. The number of benzene rings is 6. The van der Waals surface area contributed by atoms with E-state index in [1.807, 2.05) is 0 Å². The summed E-state index contributed by atoms with van der Waals surface area (Å²) in [6, 6.07) is 38.9. The molecular weight excluding hydrogens is 935 g/mol. The molecule has 2 atom stereocenters. The van der Waals surface area contributed by atoms with E-state index < -0.39 is 17.4 Å². The van der Waals surface area contributed by atoms with Crippen molar-refractivity contribution in [3.8, 4) is 44.5 Å². The molecule has 0 N–H and O–H groups in total. The summed E-state index contributed by atoms with van der Waals surface area (Å²) in [6.45, 7) is 25.5. The van der Waals surface area contributed by atoms with Crippen LogP contribution in [0.3, 0.4) is 0 Å². The number of fused-ring (bicyclic) bond motifs is 2. The summed E-state index contributed by atoms with van der Waals surface area (Å²) in [5, 5.41) is 0. The molecule has 2 aliphatic carbocycles. The topological polar surface area (TPSA) is 0 Å². The quantitative estimate of drug-likeness (QED) is 0.0753. The van der Waals surface area contributed by atoms with Crippen LogP contribution in [0.25, 0.3) is 56.7 Å². The zero-order valence-electron chi connectivity index (χ0n) is 42.2. The van der Waals surface area contributed by atoms with E-state index in [-0.39, 0.29) is 24.8 Å². The van der Waals surface area contributed by atoms with E-state index in [0.717, 1.165) is 12.8 Å². The van der Waals surface area contributed by atoms with Gasteiger partial charge in [-0.15, -0.1) is 24.8 Å². The molecule has 2 unspecified atom stereocenters. The molecule has 346 valence electrons. The zero-order chi connectivity index (χ0) is 45.7. The predicted octanol–water partition coefficient (Wildman–Crippen LogP) is 18.7. The number of unbranched alkanes of at least 4 members (excludes halogenated alkanes) is 4. The van der Waals surface area contributed by atoms with Crippen LogP contribution < -0.4 is 0 Å². The standard InChI is InChI=1S/2C30H33.2CH3.2ClH.H2Si.Zr/c2*1-6-7-8-9-24-18-29-27(25-14-20(2)12-21(3)15-25)10-11-28(30(29)19-24)26-16-22(4)13-23(5)17-26;;;;;;/h2*10-19H,6-9H2,1-5H3;2*1H3;2*1H;1H2;. The van der Waals surface area contributed by atoms with Crippen LogP contribution >= 0.6 is 24.8 Å². The first-order valence-electron chi connectivity index (χ1n) is 24.6. The van der Waals surface area contributed by atoms with Gasteiger partial charge in [-0.2, -0.15) is 0 Å². The molecule has 0 radical (unpaired) electrons. The molecule has 66 heavy (non-hydrogen) atoms. The average Bonchev–Trinajstić information content (AvgIpc) is 3.80. The second-order valence-corrected chi connectivity index (χ2v) is 52.1. The fourth-order valence-electron chi connectivity index (χ4n) is 12.6. The van der Waals surface area contributed by atoms with Crippen LogP contribution in [-0.2, 0) is 17.4 Å². The first kappa shape index (κ1) is 51.9. The van der Waals surface area contributed by atoms with Gasteiger partial charge in [-0.25, -0.2) is 0 Å². The van der Waals surface area contributed by atoms with E-state index >= 15 is 0 Å². The van der Waals surface area contributed by atoms with Crippen molar-refractivity contribution < 1.29 is 17.4 Å². The molecule has 0 saturated carbocycles. The van der Waals surface area contributed by atoms with E-state index in [0.29, 0.717) is 7.25 Å². The first-order valence-corrected chi connectivity index (χ1v) is 38.3. The minimum atomic E-state index is -4.26. The number of hydrogen-bond acceptors (Lipinski definition) is 0. The van der Waals surface area contributed by atoms with Crippen molar-refractivity contribution in [1.29, 1.82) is 0 Å². The van der Waals surface area contributed by atoms with Crippen LogP contribution in [0.5, 0.6) is 0 Å². The smallest absolute Gasteiger partial charge is 0.147 e. The van der Waals surface area contributed by atoms with Crippen molar-refractivity contribution in [2.24, 2.45) is 0 Å². The number of rotatable bonds is 14. The van der Waals surface area contributed by atoms with Crippen molar-refractivity contribution in [2.75, 3.05) is 0 Å². The monoisotopic (exact) mass is 1010 g/mol. The Balaban J connectivity index is 0.00000360. The molecule has 0 saturated heterocycles. The summed E-state index contributed by atoms with van der Waals surface area (Å²) in [5.41, 5.74) is 31.5. The first-order chi connectivity index (χ1) is 30.4. The molecule has 0 spiro atoms. The molecule has 0 aliphatic heterocycles. The zero-order valence-corrected chi connectivity index (χ0v) is 47.7. The summed E-state index contributed by atoms with van der Waals surface area (Å²) in [4.78, 5) is 0. The molecule has 0 amide bonds. The van der Waals surface area contributed by atoms with Gasteiger partial charge >= 0.3 is 393 Å². The third kappa shape index (κ3) is 10.3. The minimum absolute atomic E-state index is 0. The maximum atomic E-state index is 2.91. The molecule has 8 rings (SSSR count). The van der Waals surface area contributed by atoms with E-state index in [2.05, 4.69) is 195 Å². The van der Waals surface area contributed by atoms with Crippen LogP contribution in [0.2, 0.25) is 9.26 Å². The molecule has 0 bridgehead atoms. The van der Waals surface area contributed by atoms with Gasteiger partial charge in [0, 0.05) is 0 Å². The Hall–Kier alpha value is -3.52. The van der Waals surface area contributed by atoms with E-state index in [4.69, 9.17) is 0 Å². The second-order valence-electron chi connectivity index (χ2n) is 21.6. The average molecular weight is 1010 g/mol. The third-order valence-corrected chi connectivity index (χ3v) is 32.1. The summed E-state index contributed by atoms with van der Waals surface area (Å²) in [6.07, 6.45) is 15.3. The number of aryl methyl sites for hydroxylation is 8. The fourth-order valence-corrected chi connectivity index (χ4v) is 32.2. The van der Waals surface area contributed by atoms with Gasteiger partial charge in [0.05, 0.1) is 0 Å². The molecule has 6 aromatic carbocycles. The van der Waals surface area contributed by atoms with Crippen LogP contribution in [0.1, 0.15) is 139 Å². The Bertz CT molecular complexity index is 2660. The van der Waals surface area contributed by atoms with Crippen molar-refractivity contribution >= 4 is 43.8 Å². The molecule has 0 nitrogen and oxygen atoms in total. The van der Waals surface area contributed by atoms with Crippen molar-refractivity contribution in [2.45, 2.75) is 137 Å². The summed E-state index contributed by atoms with van der Waals surface area (Å²) < 4.78 is 6.61. The maximum absolute atomic E-state index is 4.26. The van der Waals surface area contributed by atoms with Gasteiger partial charge in [0.1, 0.15) is 0 Å². The van der Waals surface area contributed by atoms with Gasteiger partial charge < -0.3 is 0 Å². The Morgan fingerprint density at radius 3 is 0.924 bits per heavy atom. The van der Waals surface area contributed by atoms with Gasteiger partial charge in [-0.3, -0.25) is 0 Å². The Labute approximate surface area is 414 Å². The van der Waals surface area contributed by atoms with E-state index in [1.54, 1.807) is 22.3 Å². The molecule has 0 aromatic heterocycles. The SMILES string of the molecule is CCCCCC1=Cc2c(-c3cc(C)cc(C)c3)ccc(-c3cc(C)cc(C)c3)c2[CH]1[Zr]([CH3])([CH3])(=[SiH2])[CH]1C(CCCCC)=Cc2c(-c3cc(C)cc(C)c3)ccc(-c3cc(C)cc(C)c3)c21.Cl.Cl. The minimum Gasteiger partial charge on any atom is -0.147 e. The van der Waals surface area contributed by atoms with Crippen molar-refractivity contribution in [3.05, 3.63) is 175 Å². The summed E-state index contributed by atoms with van der Waals surface area (Å²) >= 11 is -4.26. The van der Waals surface area contributed by atoms with Crippen LogP contribution in [0.4, 0.5) is 0 Å². The van der Waals surface area contributed by atoms with Gasteiger partial charge in [0.2, 0.25) is 0 Å². The Morgan fingerprint density at radius 2 is 0.652 bits per heavy atom. The third-order valence-electron chi connectivity index (χ3n) is 14.7. The van der Waals surface area contributed by atoms with Crippen LogP contribution in [0.15, 0.2) is 108 Å². The van der Waals surface area contributed by atoms with Gasteiger partial charge in [0.25, 0.3) is 0 Å².